The molecule has 0 bridgehead atoms. The van der Waals surface area contributed by atoms with Gasteiger partial charge in [0.1, 0.15) is 0 Å². The van der Waals surface area contributed by atoms with E-state index in [4.69, 9.17) is 0 Å². The molecule has 0 aromatic heterocycles. The number of esters is 1. The number of carbonyl (C=O) groups is 1. The van der Waals surface area contributed by atoms with Crippen LogP contribution in [0, 0.1) is 0 Å². The first kappa shape index (κ1) is 7.92. The second-order valence-corrected chi connectivity index (χ2v) is 3.80. The summed E-state index contributed by atoms with van der Waals surface area (Å²) in [5.41, 5.74) is 0. The average Bonchev–Trinajstić information content (AvgIpc) is 2.71. The standard InChI is InChI=1S/C7H12O2S/c1-9-7(8)4-5-10-6-2-3-6/h6H,2-5H2,1H3. The van der Waals surface area contributed by atoms with E-state index in [1.165, 1.54) is 20.0 Å². The molecule has 0 unspecified atom stereocenters. The first-order chi connectivity index (χ1) is 4.83. The molecular weight excluding hydrogens is 148 g/mol. The summed E-state index contributed by atoms with van der Waals surface area (Å²) in [7, 11) is 1.43. The molecule has 0 N–H and O–H groups in total. The quantitative estimate of drug-likeness (QED) is 0.582. The molecule has 0 atom stereocenters. The number of hydrogen-bond donors (Lipinski definition) is 0. The van der Waals surface area contributed by atoms with E-state index in [1.54, 1.807) is 0 Å². The highest BCUT2D eigenvalue weighted by Crippen LogP contribution is 2.34. The van der Waals surface area contributed by atoms with Gasteiger partial charge in [-0.15, -0.1) is 0 Å². The van der Waals surface area contributed by atoms with Crippen LogP contribution in [0.5, 0.6) is 0 Å². The van der Waals surface area contributed by atoms with Crippen molar-refractivity contribution < 1.29 is 9.53 Å². The minimum atomic E-state index is -0.0897. The van der Waals surface area contributed by atoms with Crippen LogP contribution in [0.1, 0.15) is 19.3 Å². The highest BCUT2D eigenvalue weighted by molar-refractivity contribution is 8.00. The van der Waals surface area contributed by atoms with Crippen LogP contribution in [-0.4, -0.2) is 24.1 Å². The zero-order valence-corrected chi connectivity index (χ0v) is 6.95. The molecule has 0 saturated heterocycles. The second-order valence-electron chi connectivity index (χ2n) is 2.40. The van der Waals surface area contributed by atoms with E-state index in [9.17, 15) is 4.79 Å². The van der Waals surface area contributed by atoms with Crippen LogP contribution in [0.3, 0.4) is 0 Å². The topological polar surface area (TPSA) is 26.3 Å². The van der Waals surface area contributed by atoms with Gasteiger partial charge >= 0.3 is 5.97 Å². The van der Waals surface area contributed by atoms with Crippen molar-refractivity contribution in [3.63, 3.8) is 0 Å². The maximum atomic E-state index is 10.6. The molecule has 0 spiro atoms. The Morgan fingerprint density at radius 2 is 2.40 bits per heavy atom. The molecule has 0 aliphatic heterocycles. The molecular formula is C7H12O2S. The number of ether oxygens (including phenoxy) is 1. The Bertz CT molecular complexity index is 121. The van der Waals surface area contributed by atoms with Crippen molar-refractivity contribution in [2.24, 2.45) is 0 Å². The number of hydrogen-bond acceptors (Lipinski definition) is 3. The zero-order chi connectivity index (χ0) is 7.40. The summed E-state index contributed by atoms with van der Waals surface area (Å²) in [5, 5.41) is 0.852. The Morgan fingerprint density at radius 3 is 2.90 bits per heavy atom. The summed E-state index contributed by atoms with van der Waals surface area (Å²) in [5.74, 6) is 0.838. The van der Waals surface area contributed by atoms with Crippen molar-refractivity contribution in [2.75, 3.05) is 12.9 Å². The van der Waals surface area contributed by atoms with Crippen molar-refractivity contribution in [1.29, 1.82) is 0 Å². The van der Waals surface area contributed by atoms with E-state index in [0.29, 0.717) is 6.42 Å². The SMILES string of the molecule is COC(=O)CCSC1CC1. The Hall–Kier alpha value is -0.180. The number of rotatable bonds is 4. The van der Waals surface area contributed by atoms with Gasteiger partial charge in [0.25, 0.3) is 0 Å². The summed E-state index contributed by atoms with van der Waals surface area (Å²) in [6.07, 6.45) is 3.25. The molecule has 0 aromatic rings. The number of carbonyl (C=O) groups excluding carboxylic acids is 1. The summed E-state index contributed by atoms with van der Waals surface area (Å²) < 4.78 is 4.50. The molecule has 58 valence electrons. The van der Waals surface area contributed by atoms with Crippen molar-refractivity contribution in [1.82, 2.24) is 0 Å². The van der Waals surface area contributed by atoms with Gasteiger partial charge in [0.05, 0.1) is 13.5 Å². The Morgan fingerprint density at radius 1 is 1.70 bits per heavy atom. The van der Waals surface area contributed by atoms with Gasteiger partial charge in [-0.1, -0.05) is 0 Å². The van der Waals surface area contributed by atoms with Crippen LogP contribution in [0.25, 0.3) is 0 Å². The van der Waals surface area contributed by atoms with E-state index in [1.807, 2.05) is 11.8 Å². The van der Waals surface area contributed by atoms with Gasteiger partial charge in [0, 0.05) is 11.0 Å². The lowest BCUT2D eigenvalue weighted by atomic mass is 10.5. The van der Waals surface area contributed by atoms with Gasteiger partial charge in [-0.25, -0.2) is 0 Å². The summed E-state index contributed by atoms with van der Waals surface area (Å²) in [6, 6.07) is 0. The molecule has 0 heterocycles. The molecule has 1 fully saturated rings. The van der Waals surface area contributed by atoms with Crippen molar-refractivity contribution in [3.05, 3.63) is 0 Å². The lowest BCUT2D eigenvalue weighted by molar-refractivity contribution is -0.140. The molecule has 1 aliphatic carbocycles. The van der Waals surface area contributed by atoms with E-state index < -0.39 is 0 Å². The molecule has 0 amide bonds. The van der Waals surface area contributed by atoms with Gasteiger partial charge in [-0.2, -0.15) is 11.8 Å². The first-order valence-electron chi connectivity index (χ1n) is 3.51. The lowest BCUT2D eigenvalue weighted by Crippen LogP contribution is -2.01. The van der Waals surface area contributed by atoms with Crippen molar-refractivity contribution in [2.45, 2.75) is 24.5 Å². The number of thioether (sulfide) groups is 1. The Balaban J connectivity index is 1.88. The van der Waals surface area contributed by atoms with E-state index in [-0.39, 0.29) is 5.97 Å². The third-order valence-corrected chi connectivity index (χ3v) is 2.79. The van der Waals surface area contributed by atoms with Crippen molar-refractivity contribution in [3.8, 4) is 0 Å². The predicted octanol–water partition coefficient (Wildman–Crippen LogP) is 1.45. The van der Waals surface area contributed by atoms with Crippen LogP contribution >= 0.6 is 11.8 Å². The van der Waals surface area contributed by atoms with Crippen molar-refractivity contribution >= 4 is 17.7 Å². The van der Waals surface area contributed by atoms with Gasteiger partial charge in [0.2, 0.25) is 0 Å². The van der Waals surface area contributed by atoms with E-state index in [0.717, 1.165) is 11.0 Å². The maximum Gasteiger partial charge on any atom is 0.306 e. The Kier molecular flexibility index (Phi) is 3.06. The molecule has 1 aliphatic rings. The maximum absolute atomic E-state index is 10.6. The largest absolute Gasteiger partial charge is 0.469 e. The highest BCUT2D eigenvalue weighted by atomic mass is 32.2. The van der Waals surface area contributed by atoms with Gasteiger partial charge in [-0.3, -0.25) is 4.79 Å². The normalized spacial score (nSPS) is 16.9. The molecule has 0 aromatic carbocycles. The van der Waals surface area contributed by atoms with E-state index >= 15 is 0 Å². The zero-order valence-electron chi connectivity index (χ0n) is 6.13. The Labute approximate surface area is 65.3 Å². The average molecular weight is 160 g/mol. The van der Waals surface area contributed by atoms with Gasteiger partial charge in [0.15, 0.2) is 0 Å². The fourth-order valence-corrected chi connectivity index (χ4v) is 1.73. The summed E-state index contributed by atoms with van der Waals surface area (Å²) >= 11 is 1.89. The fourth-order valence-electron chi connectivity index (χ4n) is 0.646. The monoisotopic (exact) mass is 160 g/mol. The van der Waals surface area contributed by atoms with Crippen LogP contribution in [0.2, 0.25) is 0 Å². The fraction of sp³-hybridized carbons (Fsp3) is 0.857. The third kappa shape index (κ3) is 3.11. The minimum absolute atomic E-state index is 0.0897. The van der Waals surface area contributed by atoms with Crippen LogP contribution < -0.4 is 0 Å². The molecule has 1 saturated carbocycles. The third-order valence-electron chi connectivity index (χ3n) is 1.41. The van der Waals surface area contributed by atoms with Crippen LogP contribution in [-0.2, 0) is 9.53 Å². The molecule has 1 rings (SSSR count). The lowest BCUT2D eigenvalue weighted by Gasteiger charge is -1.96. The first-order valence-corrected chi connectivity index (χ1v) is 4.56. The summed E-state index contributed by atoms with van der Waals surface area (Å²) in [6.45, 7) is 0. The van der Waals surface area contributed by atoms with Gasteiger partial charge < -0.3 is 4.74 Å². The highest BCUT2D eigenvalue weighted by Gasteiger charge is 2.21. The molecule has 10 heavy (non-hydrogen) atoms. The summed E-state index contributed by atoms with van der Waals surface area (Å²) in [4.78, 5) is 10.6. The second kappa shape index (κ2) is 3.86. The molecule has 0 radical (unpaired) electrons. The predicted molar refractivity (Wildman–Crippen MR) is 42.1 cm³/mol. The number of methoxy groups -OCH3 is 1. The van der Waals surface area contributed by atoms with E-state index in [2.05, 4.69) is 4.74 Å². The smallest absolute Gasteiger partial charge is 0.306 e. The van der Waals surface area contributed by atoms with Crippen LogP contribution in [0.4, 0.5) is 0 Å². The molecule has 3 heteroatoms. The van der Waals surface area contributed by atoms with Gasteiger partial charge in [-0.05, 0) is 12.8 Å². The molecule has 2 nitrogen and oxygen atoms in total. The van der Waals surface area contributed by atoms with Crippen LogP contribution in [0.15, 0.2) is 0 Å². The minimum Gasteiger partial charge on any atom is -0.469 e.